The van der Waals surface area contributed by atoms with Crippen molar-refractivity contribution in [1.82, 2.24) is 4.90 Å². The molecule has 0 unspecified atom stereocenters. The van der Waals surface area contributed by atoms with E-state index < -0.39 is 0 Å². The Kier molecular flexibility index (Phi) is 6.13. The van der Waals surface area contributed by atoms with Crippen LogP contribution < -0.4 is 5.73 Å². The fourth-order valence-electron chi connectivity index (χ4n) is 2.33. The quantitative estimate of drug-likeness (QED) is 0.687. The number of amides is 1. The van der Waals surface area contributed by atoms with E-state index in [1.54, 1.807) is 0 Å². The van der Waals surface area contributed by atoms with Crippen molar-refractivity contribution in [3.05, 3.63) is 0 Å². The average Bonchev–Trinajstić information content (AvgIpc) is 3.11. The number of nitrogens with two attached hydrogens (primary N) is 1. The van der Waals surface area contributed by atoms with Crippen molar-refractivity contribution in [3.63, 3.8) is 0 Å². The molecule has 0 aliphatic heterocycles. The minimum atomic E-state index is 0.199. The zero-order valence-corrected chi connectivity index (χ0v) is 12.4. The van der Waals surface area contributed by atoms with E-state index in [1.165, 1.54) is 12.8 Å². The Morgan fingerprint density at radius 1 is 1.33 bits per heavy atom. The summed E-state index contributed by atoms with van der Waals surface area (Å²) in [6.07, 6.45) is 7.36. The van der Waals surface area contributed by atoms with Gasteiger partial charge in [0, 0.05) is 19.0 Å². The summed E-state index contributed by atoms with van der Waals surface area (Å²) in [5.41, 5.74) is 5.81. The molecule has 1 amide bonds. The zero-order chi connectivity index (χ0) is 13.6. The summed E-state index contributed by atoms with van der Waals surface area (Å²) in [6.45, 7) is 8.27. The maximum atomic E-state index is 12.3. The second kappa shape index (κ2) is 7.13. The summed E-state index contributed by atoms with van der Waals surface area (Å²) in [6, 6.07) is 0.557. The number of hydrogen-bond acceptors (Lipinski definition) is 2. The SMILES string of the molecule is CCCCN(C(=O)CCC(C)(C)CCN)C1CC1. The molecule has 1 saturated carbocycles. The molecule has 0 spiro atoms. The van der Waals surface area contributed by atoms with Gasteiger partial charge in [-0.15, -0.1) is 0 Å². The van der Waals surface area contributed by atoms with Crippen LogP contribution in [0.4, 0.5) is 0 Å². The van der Waals surface area contributed by atoms with Crippen molar-refractivity contribution in [2.45, 2.75) is 71.8 Å². The van der Waals surface area contributed by atoms with Gasteiger partial charge in [0.15, 0.2) is 0 Å². The lowest BCUT2D eigenvalue weighted by Gasteiger charge is -2.27. The first-order valence-corrected chi connectivity index (χ1v) is 7.49. The molecule has 0 aromatic heterocycles. The van der Waals surface area contributed by atoms with Crippen molar-refractivity contribution >= 4 is 5.91 Å². The lowest BCUT2D eigenvalue weighted by Crippen LogP contribution is -2.34. The van der Waals surface area contributed by atoms with Gasteiger partial charge in [0.2, 0.25) is 5.91 Å². The van der Waals surface area contributed by atoms with E-state index >= 15 is 0 Å². The highest BCUT2D eigenvalue weighted by Crippen LogP contribution is 2.30. The van der Waals surface area contributed by atoms with E-state index in [4.69, 9.17) is 5.73 Å². The molecule has 0 aromatic carbocycles. The highest BCUT2D eigenvalue weighted by atomic mass is 16.2. The molecule has 18 heavy (non-hydrogen) atoms. The largest absolute Gasteiger partial charge is 0.340 e. The first-order valence-electron chi connectivity index (χ1n) is 7.49. The van der Waals surface area contributed by atoms with E-state index in [0.717, 1.165) is 32.2 Å². The highest BCUT2D eigenvalue weighted by Gasteiger charge is 2.32. The Labute approximate surface area is 112 Å². The smallest absolute Gasteiger partial charge is 0.222 e. The summed E-state index contributed by atoms with van der Waals surface area (Å²) < 4.78 is 0. The number of nitrogens with zero attached hydrogens (tertiary/aromatic N) is 1. The third kappa shape index (κ3) is 5.38. The summed E-state index contributed by atoms with van der Waals surface area (Å²) in [4.78, 5) is 14.4. The molecule has 0 atom stereocenters. The minimum absolute atomic E-state index is 0.199. The van der Waals surface area contributed by atoms with Gasteiger partial charge in [-0.2, -0.15) is 0 Å². The topological polar surface area (TPSA) is 46.3 Å². The third-order valence-corrected chi connectivity index (χ3v) is 3.90. The predicted octanol–water partition coefficient (Wildman–Crippen LogP) is 2.93. The molecule has 2 N–H and O–H groups in total. The Morgan fingerprint density at radius 3 is 2.50 bits per heavy atom. The van der Waals surface area contributed by atoms with Crippen LogP contribution in [0.3, 0.4) is 0 Å². The number of hydrogen-bond donors (Lipinski definition) is 1. The van der Waals surface area contributed by atoms with Crippen LogP contribution in [0.5, 0.6) is 0 Å². The van der Waals surface area contributed by atoms with Crippen molar-refractivity contribution in [1.29, 1.82) is 0 Å². The number of rotatable bonds is 9. The molecule has 106 valence electrons. The first-order chi connectivity index (χ1) is 8.50. The first kappa shape index (κ1) is 15.5. The van der Waals surface area contributed by atoms with Crippen LogP contribution in [-0.4, -0.2) is 29.9 Å². The van der Waals surface area contributed by atoms with E-state index in [0.29, 0.717) is 24.9 Å². The van der Waals surface area contributed by atoms with Crippen LogP contribution in [0.1, 0.15) is 65.7 Å². The zero-order valence-electron chi connectivity index (χ0n) is 12.4. The van der Waals surface area contributed by atoms with Gasteiger partial charge in [0.05, 0.1) is 0 Å². The summed E-state index contributed by atoms with van der Waals surface area (Å²) >= 11 is 0. The van der Waals surface area contributed by atoms with Crippen molar-refractivity contribution in [2.24, 2.45) is 11.1 Å². The van der Waals surface area contributed by atoms with Gasteiger partial charge in [-0.25, -0.2) is 0 Å². The lowest BCUT2D eigenvalue weighted by molar-refractivity contribution is -0.132. The predicted molar refractivity (Wildman–Crippen MR) is 76.3 cm³/mol. The van der Waals surface area contributed by atoms with Gasteiger partial charge < -0.3 is 10.6 Å². The normalized spacial score (nSPS) is 15.8. The van der Waals surface area contributed by atoms with E-state index in [1.807, 2.05) is 0 Å². The maximum absolute atomic E-state index is 12.3. The van der Waals surface area contributed by atoms with Crippen LogP contribution in [-0.2, 0) is 4.79 Å². The van der Waals surface area contributed by atoms with Crippen LogP contribution in [0.15, 0.2) is 0 Å². The Hall–Kier alpha value is -0.570. The molecule has 3 heteroatoms. The molecule has 0 saturated heterocycles. The Balaban J connectivity index is 2.36. The Bertz CT molecular complexity index is 259. The summed E-state index contributed by atoms with van der Waals surface area (Å²) in [5.74, 6) is 0.357. The van der Waals surface area contributed by atoms with Crippen LogP contribution in [0.2, 0.25) is 0 Å². The van der Waals surface area contributed by atoms with Crippen molar-refractivity contribution in [2.75, 3.05) is 13.1 Å². The minimum Gasteiger partial charge on any atom is -0.340 e. The van der Waals surface area contributed by atoms with Gasteiger partial charge in [0.25, 0.3) is 0 Å². The number of carbonyl (C=O) groups excluding carboxylic acids is 1. The van der Waals surface area contributed by atoms with Crippen LogP contribution >= 0.6 is 0 Å². The molecule has 0 radical (unpaired) electrons. The van der Waals surface area contributed by atoms with E-state index in [9.17, 15) is 4.79 Å². The molecule has 1 fully saturated rings. The fraction of sp³-hybridized carbons (Fsp3) is 0.933. The lowest BCUT2D eigenvalue weighted by atomic mass is 9.84. The molecule has 1 aliphatic rings. The van der Waals surface area contributed by atoms with Gasteiger partial charge in [-0.05, 0) is 44.1 Å². The van der Waals surface area contributed by atoms with Gasteiger partial charge in [-0.1, -0.05) is 27.2 Å². The molecular formula is C15H30N2O. The monoisotopic (exact) mass is 254 g/mol. The van der Waals surface area contributed by atoms with Gasteiger partial charge in [-0.3, -0.25) is 4.79 Å². The van der Waals surface area contributed by atoms with Gasteiger partial charge >= 0.3 is 0 Å². The third-order valence-electron chi connectivity index (χ3n) is 3.90. The summed E-state index contributed by atoms with van der Waals surface area (Å²) in [7, 11) is 0. The summed E-state index contributed by atoms with van der Waals surface area (Å²) in [5, 5.41) is 0. The number of unbranched alkanes of at least 4 members (excludes halogenated alkanes) is 1. The fourth-order valence-corrected chi connectivity index (χ4v) is 2.33. The molecular weight excluding hydrogens is 224 g/mol. The molecule has 1 rings (SSSR count). The van der Waals surface area contributed by atoms with Crippen molar-refractivity contribution < 1.29 is 4.79 Å². The molecule has 0 aromatic rings. The van der Waals surface area contributed by atoms with Crippen LogP contribution in [0.25, 0.3) is 0 Å². The standard InChI is InChI=1S/C15H30N2O/c1-4-5-12-17(13-6-7-13)14(18)8-9-15(2,3)10-11-16/h13H,4-12,16H2,1-3H3. The Morgan fingerprint density at radius 2 is 2.00 bits per heavy atom. The average molecular weight is 254 g/mol. The molecule has 3 nitrogen and oxygen atoms in total. The van der Waals surface area contributed by atoms with E-state index in [-0.39, 0.29) is 5.41 Å². The van der Waals surface area contributed by atoms with Crippen LogP contribution in [0, 0.1) is 5.41 Å². The molecule has 0 bridgehead atoms. The highest BCUT2D eigenvalue weighted by molar-refractivity contribution is 5.76. The molecule has 1 aliphatic carbocycles. The maximum Gasteiger partial charge on any atom is 0.222 e. The van der Waals surface area contributed by atoms with E-state index in [2.05, 4.69) is 25.7 Å². The number of carbonyl (C=O) groups is 1. The second-order valence-corrected chi connectivity index (χ2v) is 6.37. The molecule has 0 heterocycles. The second-order valence-electron chi connectivity index (χ2n) is 6.37. The van der Waals surface area contributed by atoms with Gasteiger partial charge in [0.1, 0.15) is 0 Å². The van der Waals surface area contributed by atoms with Crippen molar-refractivity contribution in [3.8, 4) is 0 Å².